The van der Waals surface area contributed by atoms with Crippen molar-refractivity contribution in [2.45, 2.75) is 18.4 Å². The molecule has 0 aliphatic carbocycles. The molecule has 36 heavy (non-hydrogen) atoms. The highest BCUT2D eigenvalue weighted by atomic mass is 127. The molecule has 0 aliphatic rings. The molecule has 182 valence electrons. The first-order valence-electron chi connectivity index (χ1n) is 11.5. The second-order valence-electron chi connectivity index (χ2n) is 8.34. The Kier molecular flexibility index (Phi) is 6.72. The molecule has 0 unspecified atom stereocenters. The van der Waals surface area contributed by atoms with Gasteiger partial charge in [0.05, 0.1) is 10.6 Å². The summed E-state index contributed by atoms with van der Waals surface area (Å²) in [6.07, 6.45) is 0. The first kappa shape index (κ1) is 24.3. The number of nitrogens with zero attached hydrogens (tertiary/aromatic N) is 2. The van der Waals surface area contributed by atoms with Crippen LogP contribution in [0.3, 0.4) is 0 Å². The third-order valence-corrected chi connectivity index (χ3v) is 8.61. The van der Waals surface area contributed by atoms with Crippen LogP contribution in [0.1, 0.15) is 6.92 Å². The first-order chi connectivity index (χ1) is 17.4. The molecule has 0 bridgehead atoms. The van der Waals surface area contributed by atoms with E-state index >= 15 is 0 Å². The Morgan fingerprint density at radius 1 is 0.861 bits per heavy atom. The lowest BCUT2D eigenvalue weighted by atomic mass is 10.1. The van der Waals surface area contributed by atoms with Crippen LogP contribution in [0.5, 0.6) is 0 Å². The molecule has 0 spiro atoms. The van der Waals surface area contributed by atoms with Gasteiger partial charge in [0, 0.05) is 37.6 Å². The maximum atomic E-state index is 13.5. The molecule has 5 rings (SSSR count). The fourth-order valence-corrected chi connectivity index (χ4v) is 6.25. The van der Waals surface area contributed by atoms with E-state index in [1.165, 1.54) is 12.1 Å². The molecule has 6 nitrogen and oxygen atoms in total. The summed E-state index contributed by atoms with van der Waals surface area (Å²) < 4.78 is 31.4. The van der Waals surface area contributed by atoms with Gasteiger partial charge in [-0.3, -0.25) is 9.10 Å². The number of benzene rings is 4. The van der Waals surface area contributed by atoms with E-state index in [0.29, 0.717) is 11.4 Å². The van der Waals surface area contributed by atoms with Gasteiger partial charge in [-0.25, -0.2) is 8.42 Å². The highest BCUT2D eigenvalue weighted by Crippen LogP contribution is 2.31. The van der Waals surface area contributed by atoms with Gasteiger partial charge in [-0.15, -0.1) is 0 Å². The van der Waals surface area contributed by atoms with E-state index in [-0.39, 0.29) is 11.4 Å². The zero-order valence-corrected chi connectivity index (χ0v) is 22.5. The molecule has 0 aliphatic heterocycles. The van der Waals surface area contributed by atoms with E-state index in [1.807, 2.05) is 42.5 Å². The zero-order chi connectivity index (χ0) is 25.3. The van der Waals surface area contributed by atoms with E-state index in [2.05, 4.69) is 51.5 Å². The van der Waals surface area contributed by atoms with Gasteiger partial charge in [0.1, 0.15) is 6.54 Å². The maximum Gasteiger partial charge on any atom is 0.264 e. The summed E-state index contributed by atoms with van der Waals surface area (Å²) >= 11 is 2.16. The normalized spacial score (nSPS) is 11.6. The Hall–Kier alpha value is -3.37. The fraction of sp³-hybridized carbons (Fsp3) is 0.107. The molecule has 1 N–H and O–H groups in total. The summed E-state index contributed by atoms with van der Waals surface area (Å²) in [5.74, 6) is -0.424. The number of aryl methyl sites for hydroxylation is 1. The number of aromatic nitrogens is 1. The Labute approximate surface area is 223 Å². The highest BCUT2D eigenvalue weighted by molar-refractivity contribution is 14.1. The van der Waals surface area contributed by atoms with Gasteiger partial charge in [-0.1, -0.05) is 36.4 Å². The number of amides is 1. The minimum absolute atomic E-state index is 0.130. The van der Waals surface area contributed by atoms with Gasteiger partial charge >= 0.3 is 0 Å². The van der Waals surface area contributed by atoms with Gasteiger partial charge < -0.3 is 9.88 Å². The van der Waals surface area contributed by atoms with Crippen molar-refractivity contribution in [2.24, 2.45) is 0 Å². The molecule has 0 saturated carbocycles. The zero-order valence-electron chi connectivity index (χ0n) is 19.6. The van der Waals surface area contributed by atoms with Crippen molar-refractivity contribution in [3.8, 4) is 0 Å². The summed E-state index contributed by atoms with van der Waals surface area (Å²) in [7, 11) is -3.95. The van der Waals surface area contributed by atoms with E-state index in [1.54, 1.807) is 30.3 Å². The summed E-state index contributed by atoms with van der Waals surface area (Å²) in [6.45, 7) is 2.58. The molecule has 0 atom stereocenters. The summed E-state index contributed by atoms with van der Waals surface area (Å²) in [5.41, 5.74) is 3.27. The van der Waals surface area contributed by atoms with Gasteiger partial charge in [0.2, 0.25) is 5.91 Å². The molecule has 8 heteroatoms. The number of hydrogen-bond acceptors (Lipinski definition) is 3. The van der Waals surface area contributed by atoms with Crippen LogP contribution in [0.4, 0.5) is 11.4 Å². The second kappa shape index (κ2) is 9.94. The summed E-state index contributed by atoms with van der Waals surface area (Å²) in [6, 6.07) is 29.2. The number of hydrogen-bond donors (Lipinski definition) is 1. The van der Waals surface area contributed by atoms with Gasteiger partial charge in [-0.05, 0) is 90.2 Å². The standard InChI is InChI=1S/C28H24IN3O3S/c1-2-31-26-11-7-6-10-24(26)25-18-21(14-17-27(25)31)30-28(33)19-32(22-15-12-20(29)13-16-22)36(34,35)23-8-4-3-5-9-23/h3-18H,2,19H2,1H3,(H,30,33). The van der Waals surface area contributed by atoms with Crippen molar-refractivity contribution < 1.29 is 13.2 Å². The van der Waals surface area contributed by atoms with Crippen LogP contribution < -0.4 is 9.62 Å². The highest BCUT2D eigenvalue weighted by Gasteiger charge is 2.27. The van der Waals surface area contributed by atoms with Crippen LogP contribution in [-0.4, -0.2) is 25.4 Å². The molecule has 1 aromatic heterocycles. The smallest absolute Gasteiger partial charge is 0.264 e. The lowest BCUT2D eigenvalue weighted by molar-refractivity contribution is -0.114. The number of sulfonamides is 1. The molecule has 1 heterocycles. The minimum Gasteiger partial charge on any atom is -0.341 e. The third-order valence-electron chi connectivity index (χ3n) is 6.11. The number of para-hydroxylation sites is 1. The average molecular weight is 609 g/mol. The van der Waals surface area contributed by atoms with E-state index in [0.717, 1.165) is 36.2 Å². The molecular formula is C28H24IN3O3S. The second-order valence-corrected chi connectivity index (χ2v) is 11.5. The Balaban J connectivity index is 1.47. The Bertz CT molecular complexity index is 1660. The predicted molar refractivity (Wildman–Crippen MR) is 154 cm³/mol. The van der Waals surface area contributed by atoms with Crippen molar-refractivity contribution in [1.82, 2.24) is 4.57 Å². The quantitative estimate of drug-likeness (QED) is 0.222. The fourth-order valence-electron chi connectivity index (χ4n) is 4.45. The average Bonchev–Trinajstić information content (AvgIpc) is 3.21. The van der Waals surface area contributed by atoms with E-state index in [4.69, 9.17) is 0 Å². The van der Waals surface area contributed by atoms with Crippen LogP contribution in [0.25, 0.3) is 21.8 Å². The Morgan fingerprint density at radius 2 is 1.53 bits per heavy atom. The molecule has 4 aromatic carbocycles. The van der Waals surface area contributed by atoms with Crippen molar-refractivity contribution in [3.63, 3.8) is 0 Å². The maximum absolute atomic E-state index is 13.5. The number of fused-ring (bicyclic) bond motifs is 3. The van der Waals surface area contributed by atoms with Crippen LogP contribution in [-0.2, 0) is 21.4 Å². The van der Waals surface area contributed by atoms with Crippen molar-refractivity contribution in [1.29, 1.82) is 0 Å². The van der Waals surface area contributed by atoms with Crippen LogP contribution in [0.15, 0.2) is 102 Å². The van der Waals surface area contributed by atoms with Gasteiger partial charge in [-0.2, -0.15) is 0 Å². The number of carbonyl (C=O) groups is 1. The van der Waals surface area contributed by atoms with Crippen LogP contribution in [0.2, 0.25) is 0 Å². The SMILES string of the molecule is CCn1c2ccccc2c2cc(NC(=O)CN(c3ccc(I)cc3)S(=O)(=O)c3ccccc3)ccc21. The summed E-state index contributed by atoms with van der Waals surface area (Å²) in [5, 5.41) is 5.05. The van der Waals surface area contributed by atoms with Crippen LogP contribution in [0, 0.1) is 3.57 Å². The molecule has 0 fully saturated rings. The van der Waals surface area contributed by atoms with Crippen LogP contribution >= 0.6 is 22.6 Å². The van der Waals surface area contributed by atoms with Gasteiger partial charge in [0.25, 0.3) is 10.0 Å². The minimum atomic E-state index is -3.95. The Morgan fingerprint density at radius 3 is 2.25 bits per heavy atom. The molecule has 5 aromatic rings. The molecule has 0 radical (unpaired) electrons. The van der Waals surface area contributed by atoms with Crippen molar-refractivity contribution >= 4 is 71.7 Å². The monoisotopic (exact) mass is 609 g/mol. The predicted octanol–water partition coefficient (Wildman–Crippen LogP) is 6.25. The number of halogens is 1. The van der Waals surface area contributed by atoms with E-state index in [9.17, 15) is 13.2 Å². The first-order valence-corrected chi connectivity index (χ1v) is 14.0. The topological polar surface area (TPSA) is 71.4 Å². The number of nitrogens with one attached hydrogen (secondary N) is 1. The lowest BCUT2D eigenvalue weighted by Gasteiger charge is -2.24. The molecular weight excluding hydrogens is 585 g/mol. The largest absolute Gasteiger partial charge is 0.341 e. The number of rotatable bonds is 7. The number of carbonyl (C=O) groups excluding carboxylic acids is 1. The third kappa shape index (κ3) is 4.58. The van der Waals surface area contributed by atoms with Crippen molar-refractivity contribution in [3.05, 3.63) is 101 Å². The van der Waals surface area contributed by atoms with Gasteiger partial charge in [0.15, 0.2) is 0 Å². The van der Waals surface area contributed by atoms with Crippen molar-refractivity contribution in [2.75, 3.05) is 16.2 Å². The number of anilines is 2. The molecule has 1 amide bonds. The summed E-state index contributed by atoms with van der Waals surface area (Å²) in [4.78, 5) is 13.3. The lowest BCUT2D eigenvalue weighted by Crippen LogP contribution is -2.38. The molecule has 0 saturated heterocycles. The van der Waals surface area contributed by atoms with E-state index < -0.39 is 15.9 Å².